The van der Waals surface area contributed by atoms with E-state index in [4.69, 9.17) is 10.5 Å². The molecule has 0 aromatic rings. The standard InChI is InChI=1S/H2O11S/c1-5-7-9-11-12(3,4)10-8-6-2/h1-2H. The lowest BCUT2D eigenvalue weighted by Crippen LogP contribution is -2.11. The van der Waals surface area contributed by atoms with Crippen LogP contribution in [0.5, 0.6) is 0 Å². The zero-order valence-corrected chi connectivity index (χ0v) is 5.79. The molecule has 11 nitrogen and oxygen atoms in total. The molecule has 0 aliphatic carbocycles. The molecule has 0 aromatic carbocycles. The van der Waals surface area contributed by atoms with Gasteiger partial charge in [0.05, 0.1) is 0 Å². The van der Waals surface area contributed by atoms with Gasteiger partial charge in [0.2, 0.25) is 0 Å². The van der Waals surface area contributed by atoms with Crippen molar-refractivity contribution in [2.24, 2.45) is 0 Å². The van der Waals surface area contributed by atoms with E-state index in [9.17, 15) is 8.42 Å². The van der Waals surface area contributed by atoms with Crippen molar-refractivity contribution in [2.45, 2.75) is 0 Å². The van der Waals surface area contributed by atoms with Crippen LogP contribution in [0.15, 0.2) is 0 Å². The predicted octanol–water partition coefficient (Wildman–Crippen LogP) is -1.13. The Morgan fingerprint density at radius 1 is 0.833 bits per heavy atom. The second-order valence-electron chi connectivity index (χ2n) is 0.898. The Hall–Kier alpha value is -0.410. The summed E-state index contributed by atoms with van der Waals surface area (Å²) >= 11 is 0. The van der Waals surface area contributed by atoms with Crippen molar-refractivity contribution in [3.05, 3.63) is 0 Å². The fourth-order valence-electron chi connectivity index (χ4n) is 0.116. The Balaban J connectivity index is 3.58. The second-order valence-corrected chi connectivity index (χ2v) is 1.99. The third kappa shape index (κ3) is 6.31. The summed E-state index contributed by atoms with van der Waals surface area (Å²) in [5, 5.41) is 29.5. The zero-order valence-electron chi connectivity index (χ0n) is 4.98. The van der Waals surface area contributed by atoms with Crippen molar-refractivity contribution in [1.82, 2.24) is 0 Å². The molecule has 0 heterocycles. The Morgan fingerprint density at radius 2 is 1.33 bits per heavy atom. The molecule has 0 saturated carbocycles. The minimum absolute atomic E-state index is 2.73. The zero-order chi connectivity index (χ0) is 9.45. The molecule has 74 valence electrons. The lowest BCUT2D eigenvalue weighted by molar-refractivity contribution is -0.687. The van der Waals surface area contributed by atoms with Crippen molar-refractivity contribution in [1.29, 1.82) is 0 Å². The Kier molecular flexibility index (Phi) is 5.93. The van der Waals surface area contributed by atoms with Crippen LogP contribution in [0, 0.1) is 0 Å². The molecule has 2 N–H and O–H groups in total. The largest absolute Gasteiger partial charge is 0.457 e. The van der Waals surface area contributed by atoms with Gasteiger partial charge in [0.1, 0.15) is 0 Å². The molecule has 0 radical (unpaired) electrons. The topological polar surface area (TPSA) is 139 Å². The lowest BCUT2D eigenvalue weighted by Gasteiger charge is -1.97. The van der Waals surface area contributed by atoms with Gasteiger partial charge in [-0.25, -0.2) is 10.5 Å². The van der Waals surface area contributed by atoms with Crippen LogP contribution in [-0.4, -0.2) is 18.9 Å². The van der Waals surface area contributed by atoms with E-state index in [2.05, 4.69) is 33.9 Å². The fourth-order valence-corrected chi connectivity index (χ4v) is 0.322. The molecule has 0 spiro atoms. The first kappa shape index (κ1) is 11.6. The van der Waals surface area contributed by atoms with Gasteiger partial charge in [0, 0.05) is 0 Å². The molecule has 0 unspecified atom stereocenters. The quantitative estimate of drug-likeness (QED) is 0.299. The van der Waals surface area contributed by atoms with Crippen LogP contribution in [0.1, 0.15) is 0 Å². The van der Waals surface area contributed by atoms with Crippen LogP contribution in [0.25, 0.3) is 0 Å². The van der Waals surface area contributed by atoms with Crippen LogP contribution < -0.4 is 0 Å². The highest BCUT2D eigenvalue weighted by Gasteiger charge is 2.16. The smallest absolute Gasteiger partial charge is 0.219 e. The average Bonchev–Trinajstić information content (AvgIpc) is 2.01. The normalized spacial score (nSPS) is 11.8. The van der Waals surface area contributed by atoms with Crippen LogP contribution in [0.3, 0.4) is 0 Å². The molecule has 0 aliphatic rings. The van der Waals surface area contributed by atoms with Gasteiger partial charge < -0.3 is 0 Å². The average molecular weight is 210 g/mol. The molecule has 0 rings (SSSR count). The number of rotatable bonds is 7. The lowest BCUT2D eigenvalue weighted by atomic mass is 14.3. The van der Waals surface area contributed by atoms with E-state index in [1.807, 2.05) is 0 Å². The van der Waals surface area contributed by atoms with Gasteiger partial charge in [-0.3, -0.25) is 0 Å². The minimum Gasteiger partial charge on any atom is -0.219 e. The molecule has 0 aromatic heterocycles. The summed E-state index contributed by atoms with van der Waals surface area (Å²) < 4.78 is 26.7. The first-order chi connectivity index (χ1) is 5.62. The van der Waals surface area contributed by atoms with Crippen molar-refractivity contribution in [3.8, 4) is 0 Å². The van der Waals surface area contributed by atoms with E-state index in [0.717, 1.165) is 0 Å². The van der Waals surface area contributed by atoms with E-state index in [0.29, 0.717) is 0 Å². The maximum absolute atomic E-state index is 10.2. The first-order valence-electron chi connectivity index (χ1n) is 1.87. The molecule has 0 amide bonds. The minimum atomic E-state index is -4.76. The van der Waals surface area contributed by atoms with Gasteiger partial charge in [-0.15, -0.1) is 0 Å². The highest BCUT2D eigenvalue weighted by Crippen LogP contribution is 1.97. The summed E-state index contributed by atoms with van der Waals surface area (Å²) in [5.74, 6) is 0. The Morgan fingerprint density at radius 3 is 1.83 bits per heavy atom. The maximum Gasteiger partial charge on any atom is 0.457 e. The van der Waals surface area contributed by atoms with Crippen molar-refractivity contribution in [2.75, 3.05) is 0 Å². The SMILES string of the molecule is O=S(=O)(OOOO)OOOOO. The summed E-state index contributed by atoms with van der Waals surface area (Å²) in [4.78, 5) is 0. The van der Waals surface area contributed by atoms with E-state index >= 15 is 0 Å². The molecule has 0 atom stereocenters. The van der Waals surface area contributed by atoms with E-state index in [1.165, 1.54) is 0 Å². The van der Waals surface area contributed by atoms with E-state index in [-0.39, 0.29) is 0 Å². The van der Waals surface area contributed by atoms with Crippen LogP contribution in [-0.2, 0) is 44.3 Å². The van der Waals surface area contributed by atoms with E-state index in [1.54, 1.807) is 0 Å². The highest BCUT2D eigenvalue weighted by molar-refractivity contribution is 7.81. The molecular formula is H2O11S. The molecule has 12 heavy (non-hydrogen) atoms. The maximum atomic E-state index is 10.2. The fraction of sp³-hybridized carbons (Fsp3) is 0. The Bertz CT molecular complexity index is 175. The number of hydrogen-bond donors (Lipinski definition) is 2. The van der Waals surface area contributed by atoms with Gasteiger partial charge in [-0.05, 0) is 33.9 Å². The van der Waals surface area contributed by atoms with Crippen LogP contribution in [0.2, 0.25) is 0 Å². The Labute approximate surface area is 64.3 Å². The molecule has 12 heteroatoms. The summed E-state index contributed by atoms with van der Waals surface area (Å²) in [7, 11) is -4.76. The summed E-state index contributed by atoms with van der Waals surface area (Å²) in [6.45, 7) is 0. The highest BCUT2D eigenvalue weighted by atomic mass is 32.3. The van der Waals surface area contributed by atoms with Gasteiger partial charge in [-0.1, -0.05) is 0 Å². The van der Waals surface area contributed by atoms with Crippen molar-refractivity contribution in [3.63, 3.8) is 0 Å². The van der Waals surface area contributed by atoms with Gasteiger partial charge in [0.25, 0.3) is 0 Å². The molecule has 0 aliphatic heterocycles. The third-order valence-electron chi connectivity index (χ3n) is 0.311. The van der Waals surface area contributed by atoms with Gasteiger partial charge in [-0.2, -0.15) is 8.42 Å². The monoisotopic (exact) mass is 210 g/mol. The summed E-state index contributed by atoms with van der Waals surface area (Å²) in [5.41, 5.74) is 0. The van der Waals surface area contributed by atoms with Crippen LogP contribution in [0.4, 0.5) is 0 Å². The second kappa shape index (κ2) is 6.14. The summed E-state index contributed by atoms with van der Waals surface area (Å²) in [6.07, 6.45) is 0. The third-order valence-corrected chi connectivity index (χ3v) is 0.755. The van der Waals surface area contributed by atoms with Crippen molar-refractivity contribution < 1.29 is 52.8 Å². The van der Waals surface area contributed by atoms with E-state index < -0.39 is 10.4 Å². The summed E-state index contributed by atoms with van der Waals surface area (Å²) in [6, 6.07) is 0. The van der Waals surface area contributed by atoms with Gasteiger partial charge >= 0.3 is 10.4 Å². The molecular weight excluding hydrogens is 208 g/mol. The molecule has 0 bridgehead atoms. The molecule has 0 fully saturated rings. The predicted molar refractivity (Wildman–Crippen MR) is 21.8 cm³/mol. The van der Waals surface area contributed by atoms with Crippen LogP contribution >= 0.6 is 0 Å². The van der Waals surface area contributed by atoms with Gasteiger partial charge in [0.15, 0.2) is 0 Å². The van der Waals surface area contributed by atoms with Crippen molar-refractivity contribution >= 4 is 10.4 Å². The molecule has 0 saturated heterocycles. The number of hydrogen-bond acceptors (Lipinski definition) is 11. The first-order valence-corrected chi connectivity index (χ1v) is 3.20.